The van der Waals surface area contributed by atoms with Gasteiger partial charge in [0.25, 0.3) is 0 Å². The molecule has 6 atom stereocenters. The highest BCUT2D eigenvalue weighted by Gasteiger charge is 2.46. The van der Waals surface area contributed by atoms with E-state index in [9.17, 15) is 10.2 Å². The summed E-state index contributed by atoms with van der Waals surface area (Å²) in [6.07, 6.45) is 20.0. The fourth-order valence-corrected chi connectivity index (χ4v) is 4.93. The van der Waals surface area contributed by atoms with Crippen LogP contribution in [0.3, 0.4) is 0 Å². The first kappa shape index (κ1) is 19.1. The molecule has 0 aromatic rings. The zero-order valence-corrected chi connectivity index (χ0v) is 15.7. The van der Waals surface area contributed by atoms with Crippen molar-refractivity contribution >= 4 is 0 Å². The van der Waals surface area contributed by atoms with Crippen molar-refractivity contribution in [1.82, 2.24) is 0 Å². The topological polar surface area (TPSA) is 49.7 Å². The minimum absolute atomic E-state index is 0.214. The van der Waals surface area contributed by atoms with Crippen LogP contribution in [0.2, 0.25) is 0 Å². The number of ether oxygens (including phenoxy) is 1. The minimum Gasteiger partial charge on any atom is -0.393 e. The predicted molar refractivity (Wildman–Crippen MR) is 101 cm³/mol. The second-order valence-electron chi connectivity index (χ2n) is 8.31. The third-order valence-corrected chi connectivity index (χ3v) is 6.60. The van der Waals surface area contributed by atoms with Crippen molar-refractivity contribution in [3.63, 3.8) is 0 Å². The van der Waals surface area contributed by atoms with Gasteiger partial charge in [0.1, 0.15) is 0 Å². The fraction of sp³-hybridized carbons (Fsp3) is 0.818. The molecule has 25 heavy (non-hydrogen) atoms. The first-order valence-electron chi connectivity index (χ1n) is 10.5. The van der Waals surface area contributed by atoms with Gasteiger partial charge in [-0.15, -0.1) is 0 Å². The summed E-state index contributed by atoms with van der Waals surface area (Å²) in [4.78, 5) is 0. The molecule has 2 unspecified atom stereocenters. The van der Waals surface area contributed by atoms with E-state index in [2.05, 4.69) is 24.3 Å². The van der Waals surface area contributed by atoms with Crippen molar-refractivity contribution in [1.29, 1.82) is 0 Å². The minimum atomic E-state index is -0.282. The van der Waals surface area contributed by atoms with Gasteiger partial charge < -0.3 is 14.9 Å². The lowest BCUT2D eigenvalue weighted by Crippen LogP contribution is -2.26. The second-order valence-corrected chi connectivity index (χ2v) is 8.31. The van der Waals surface area contributed by atoms with Crippen molar-refractivity contribution in [2.24, 2.45) is 17.8 Å². The quantitative estimate of drug-likeness (QED) is 0.640. The van der Waals surface area contributed by atoms with Crippen LogP contribution >= 0.6 is 0 Å². The summed E-state index contributed by atoms with van der Waals surface area (Å²) >= 11 is 0. The van der Waals surface area contributed by atoms with Gasteiger partial charge in [0.2, 0.25) is 0 Å². The van der Waals surface area contributed by atoms with E-state index in [0.29, 0.717) is 30.0 Å². The molecule has 0 aromatic heterocycles. The molecule has 0 aromatic carbocycles. The number of allylic oxidation sites excluding steroid dienone is 1. The summed E-state index contributed by atoms with van der Waals surface area (Å²) in [6, 6.07) is 0. The van der Waals surface area contributed by atoms with E-state index in [1.807, 2.05) is 6.92 Å². The first-order chi connectivity index (χ1) is 12.2. The molecule has 0 spiro atoms. The Kier molecular flexibility index (Phi) is 7.15. The zero-order chi connectivity index (χ0) is 17.6. The summed E-state index contributed by atoms with van der Waals surface area (Å²) in [5.74, 6) is 1.43. The van der Waals surface area contributed by atoms with Crippen molar-refractivity contribution in [2.75, 3.05) is 0 Å². The molecule has 3 rings (SSSR count). The molecule has 0 radical (unpaired) electrons. The van der Waals surface area contributed by atoms with Crippen molar-refractivity contribution in [3.05, 3.63) is 24.3 Å². The molecular weight excluding hydrogens is 312 g/mol. The molecule has 3 aliphatic rings. The van der Waals surface area contributed by atoms with Gasteiger partial charge in [0, 0.05) is 5.92 Å². The van der Waals surface area contributed by atoms with Crippen LogP contribution in [-0.4, -0.2) is 34.6 Å². The Hall–Kier alpha value is -0.640. The van der Waals surface area contributed by atoms with Gasteiger partial charge in [-0.05, 0) is 56.8 Å². The Morgan fingerprint density at radius 2 is 1.76 bits per heavy atom. The maximum Gasteiger partial charge on any atom is 0.0749 e. The highest BCUT2D eigenvalue weighted by atomic mass is 16.5. The maximum atomic E-state index is 10.5. The summed E-state index contributed by atoms with van der Waals surface area (Å²) in [6.45, 7) is 2.01. The van der Waals surface area contributed by atoms with E-state index in [-0.39, 0.29) is 12.2 Å². The maximum absolute atomic E-state index is 10.5. The van der Waals surface area contributed by atoms with Crippen LogP contribution in [0.1, 0.15) is 71.1 Å². The Bertz CT molecular complexity index is 452. The lowest BCUT2D eigenvalue weighted by atomic mass is 9.76. The van der Waals surface area contributed by atoms with Gasteiger partial charge in [-0.25, -0.2) is 0 Å². The molecule has 1 aliphatic carbocycles. The Morgan fingerprint density at radius 3 is 2.52 bits per heavy atom. The largest absolute Gasteiger partial charge is 0.393 e. The molecule has 3 heteroatoms. The summed E-state index contributed by atoms with van der Waals surface area (Å²) in [7, 11) is 0. The van der Waals surface area contributed by atoms with Gasteiger partial charge in [-0.2, -0.15) is 0 Å². The summed E-state index contributed by atoms with van der Waals surface area (Å²) < 4.78 is 6.16. The predicted octanol–water partition coefficient (Wildman–Crippen LogP) is 4.38. The SMILES string of the molecule is CC[C@@H](O)C/C=C\C[C@@H]1C(/C=C/C(O)C2CCCCC2)[C@@H]2CC[C@H]1O2. The second kappa shape index (κ2) is 9.34. The lowest BCUT2D eigenvalue weighted by molar-refractivity contribution is 0.0897. The van der Waals surface area contributed by atoms with Crippen LogP contribution in [-0.2, 0) is 4.74 Å². The van der Waals surface area contributed by atoms with E-state index in [4.69, 9.17) is 4.74 Å². The normalized spacial score (nSPS) is 35.8. The van der Waals surface area contributed by atoms with Crippen LogP contribution < -0.4 is 0 Å². The van der Waals surface area contributed by atoms with Gasteiger partial charge in [-0.3, -0.25) is 0 Å². The monoisotopic (exact) mass is 348 g/mol. The van der Waals surface area contributed by atoms with Crippen molar-refractivity contribution < 1.29 is 14.9 Å². The third-order valence-electron chi connectivity index (χ3n) is 6.60. The summed E-state index contributed by atoms with van der Waals surface area (Å²) in [5, 5.41) is 20.2. The molecule has 3 nitrogen and oxygen atoms in total. The van der Waals surface area contributed by atoms with Gasteiger partial charge in [-0.1, -0.05) is 50.5 Å². The van der Waals surface area contributed by atoms with E-state index in [1.54, 1.807) is 0 Å². The smallest absolute Gasteiger partial charge is 0.0749 e. The third kappa shape index (κ3) is 4.96. The molecule has 2 heterocycles. The zero-order valence-electron chi connectivity index (χ0n) is 15.7. The molecule has 3 fully saturated rings. The molecule has 142 valence electrons. The van der Waals surface area contributed by atoms with E-state index >= 15 is 0 Å². The van der Waals surface area contributed by atoms with Crippen LogP contribution in [0.25, 0.3) is 0 Å². The van der Waals surface area contributed by atoms with Gasteiger partial charge in [0.15, 0.2) is 0 Å². The molecule has 0 amide bonds. The van der Waals surface area contributed by atoms with E-state index in [1.165, 1.54) is 38.5 Å². The number of aliphatic hydroxyl groups is 2. The molecule has 2 saturated heterocycles. The van der Waals surface area contributed by atoms with Crippen LogP contribution in [0.5, 0.6) is 0 Å². The Labute approximate surface area is 153 Å². The highest BCUT2D eigenvalue weighted by molar-refractivity contribution is 5.09. The highest BCUT2D eigenvalue weighted by Crippen LogP contribution is 2.46. The van der Waals surface area contributed by atoms with Crippen LogP contribution in [0.15, 0.2) is 24.3 Å². The van der Waals surface area contributed by atoms with Crippen molar-refractivity contribution in [3.8, 4) is 0 Å². The molecular formula is C22H36O3. The van der Waals surface area contributed by atoms with Crippen LogP contribution in [0.4, 0.5) is 0 Å². The number of aliphatic hydroxyl groups excluding tert-OH is 2. The first-order valence-corrected chi connectivity index (χ1v) is 10.5. The standard InChI is InChI=1S/C22H36O3/c1-2-17(23)10-6-7-11-18-19(22-15-14-21(18)25-22)12-13-20(24)16-8-4-3-5-9-16/h6-7,12-13,16-24H,2-5,8-11,14-15H2,1H3/b7-6-,13-12+/t17-,18-,19?,20?,21-,22+/m1/s1. The number of hydrogen-bond donors (Lipinski definition) is 2. The Morgan fingerprint density at radius 1 is 1.00 bits per heavy atom. The van der Waals surface area contributed by atoms with Gasteiger partial charge >= 0.3 is 0 Å². The number of hydrogen-bond acceptors (Lipinski definition) is 3. The number of rotatable bonds is 8. The molecule has 2 aliphatic heterocycles. The van der Waals surface area contributed by atoms with Crippen molar-refractivity contribution in [2.45, 2.75) is 95.5 Å². The molecule has 2 bridgehead atoms. The average Bonchev–Trinajstić information content (AvgIpc) is 3.25. The lowest BCUT2D eigenvalue weighted by Gasteiger charge is -2.27. The van der Waals surface area contributed by atoms with E-state index in [0.717, 1.165) is 25.7 Å². The van der Waals surface area contributed by atoms with E-state index < -0.39 is 0 Å². The number of fused-ring (bicyclic) bond motifs is 2. The fourth-order valence-electron chi connectivity index (χ4n) is 4.93. The molecule has 2 N–H and O–H groups in total. The summed E-state index contributed by atoms with van der Waals surface area (Å²) in [5.41, 5.74) is 0. The van der Waals surface area contributed by atoms with Crippen LogP contribution in [0, 0.1) is 17.8 Å². The molecule has 1 saturated carbocycles. The Balaban J connectivity index is 1.53. The average molecular weight is 349 g/mol. The van der Waals surface area contributed by atoms with Gasteiger partial charge in [0.05, 0.1) is 24.4 Å².